The molecule has 0 aliphatic rings. The zero-order chi connectivity index (χ0) is 13.7. The fourth-order valence-electron chi connectivity index (χ4n) is 1.31. The minimum atomic E-state index is -0.658. The Hall–Kier alpha value is -1.47. The van der Waals surface area contributed by atoms with Crippen LogP contribution in [-0.4, -0.2) is 30.0 Å². The third-order valence-electron chi connectivity index (χ3n) is 2.23. The van der Waals surface area contributed by atoms with Gasteiger partial charge in [0.2, 0.25) is 5.91 Å². The number of thiazole rings is 1. The van der Waals surface area contributed by atoms with Gasteiger partial charge in [0.15, 0.2) is 0 Å². The van der Waals surface area contributed by atoms with Crippen LogP contribution in [0.25, 0.3) is 0 Å². The maximum absolute atomic E-state index is 11.6. The lowest BCUT2D eigenvalue weighted by Gasteiger charge is -2.10. The average Bonchev–Trinajstić information content (AvgIpc) is 2.76. The molecule has 7 heteroatoms. The third-order valence-corrected chi connectivity index (χ3v) is 3.33. The van der Waals surface area contributed by atoms with Crippen molar-refractivity contribution in [3.8, 4) is 0 Å². The lowest BCUT2D eigenvalue weighted by atomic mass is 10.3. The van der Waals surface area contributed by atoms with Crippen molar-refractivity contribution in [3.05, 3.63) is 16.1 Å². The molecule has 1 aromatic rings. The molecule has 1 heterocycles. The van der Waals surface area contributed by atoms with Crippen molar-refractivity contribution in [2.24, 2.45) is 5.73 Å². The van der Waals surface area contributed by atoms with Crippen molar-refractivity contribution >= 4 is 23.2 Å². The number of rotatable bonds is 5. The minimum absolute atomic E-state index is 0.130. The Morgan fingerprint density at radius 2 is 2.22 bits per heavy atom. The van der Waals surface area contributed by atoms with Crippen LogP contribution in [0, 0.1) is 0 Å². The zero-order valence-electron chi connectivity index (χ0n) is 10.6. The van der Waals surface area contributed by atoms with Crippen molar-refractivity contribution in [2.45, 2.75) is 32.4 Å². The average molecular weight is 271 g/mol. The highest BCUT2D eigenvalue weighted by Crippen LogP contribution is 2.16. The molecular weight excluding hydrogens is 254 g/mol. The van der Waals surface area contributed by atoms with Gasteiger partial charge in [0.05, 0.1) is 25.3 Å². The van der Waals surface area contributed by atoms with Crippen LogP contribution in [0.15, 0.2) is 5.38 Å². The Balaban J connectivity index is 2.51. The number of ether oxygens (including phenoxy) is 1. The number of carbonyl (C=O) groups is 2. The molecule has 3 N–H and O–H groups in total. The summed E-state index contributed by atoms with van der Waals surface area (Å²) in [7, 11) is 1.28. The predicted molar refractivity (Wildman–Crippen MR) is 68.0 cm³/mol. The number of nitrogens with one attached hydrogen (secondary N) is 1. The lowest BCUT2D eigenvalue weighted by molar-refractivity contribution is -0.144. The molecule has 0 spiro atoms. The largest absolute Gasteiger partial charge is 0.467 e. The van der Waals surface area contributed by atoms with Gasteiger partial charge in [-0.3, -0.25) is 4.79 Å². The van der Waals surface area contributed by atoms with Crippen molar-refractivity contribution < 1.29 is 14.3 Å². The fourth-order valence-corrected chi connectivity index (χ4v) is 2.08. The molecule has 1 amide bonds. The van der Waals surface area contributed by atoms with Crippen LogP contribution in [0.3, 0.4) is 0 Å². The van der Waals surface area contributed by atoms with E-state index in [-0.39, 0.29) is 18.4 Å². The molecule has 0 aliphatic carbocycles. The minimum Gasteiger partial charge on any atom is -0.467 e. The van der Waals surface area contributed by atoms with Crippen molar-refractivity contribution in [1.82, 2.24) is 10.3 Å². The van der Waals surface area contributed by atoms with Crippen LogP contribution < -0.4 is 11.1 Å². The molecule has 2 unspecified atom stereocenters. The van der Waals surface area contributed by atoms with Gasteiger partial charge < -0.3 is 15.8 Å². The second-order valence-electron chi connectivity index (χ2n) is 3.95. The second-order valence-corrected chi connectivity index (χ2v) is 4.84. The molecule has 0 radical (unpaired) electrons. The van der Waals surface area contributed by atoms with Gasteiger partial charge in [-0.25, -0.2) is 9.78 Å². The smallest absolute Gasteiger partial charge is 0.328 e. The summed E-state index contributed by atoms with van der Waals surface area (Å²) >= 11 is 1.42. The summed E-state index contributed by atoms with van der Waals surface area (Å²) < 4.78 is 4.51. The van der Waals surface area contributed by atoms with Crippen LogP contribution in [0.1, 0.15) is 30.6 Å². The standard InChI is InChI=1S/C11H17N3O3S/c1-6(12)10-14-8(5-18-10)4-9(15)13-7(2)11(16)17-3/h5-7H,4,12H2,1-3H3,(H,13,15). The number of aromatic nitrogens is 1. The fraction of sp³-hybridized carbons (Fsp3) is 0.545. The highest BCUT2D eigenvalue weighted by molar-refractivity contribution is 7.09. The molecule has 100 valence electrons. The summed E-state index contributed by atoms with van der Waals surface area (Å²) in [5, 5.41) is 5.12. The summed E-state index contributed by atoms with van der Waals surface area (Å²) in [5.41, 5.74) is 6.34. The maximum Gasteiger partial charge on any atom is 0.328 e. The first-order valence-electron chi connectivity index (χ1n) is 5.51. The van der Waals surface area contributed by atoms with Gasteiger partial charge in [-0.2, -0.15) is 0 Å². The van der Waals surface area contributed by atoms with Crippen molar-refractivity contribution in [1.29, 1.82) is 0 Å². The number of nitrogens with zero attached hydrogens (tertiary/aromatic N) is 1. The Morgan fingerprint density at radius 1 is 1.56 bits per heavy atom. The number of nitrogens with two attached hydrogens (primary N) is 1. The molecule has 0 bridgehead atoms. The molecule has 2 atom stereocenters. The van der Waals surface area contributed by atoms with Crippen LogP contribution in [-0.2, 0) is 20.7 Å². The van der Waals surface area contributed by atoms with Gasteiger partial charge in [0.1, 0.15) is 11.0 Å². The van der Waals surface area contributed by atoms with Crippen LogP contribution in [0.2, 0.25) is 0 Å². The number of esters is 1. The molecule has 0 saturated heterocycles. The van der Waals surface area contributed by atoms with Gasteiger partial charge in [0, 0.05) is 5.38 Å². The zero-order valence-corrected chi connectivity index (χ0v) is 11.4. The van der Waals surface area contributed by atoms with E-state index < -0.39 is 12.0 Å². The van der Waals surface area contributed by atoms with Gasteiger partial charge >= 0.3 is 5.97 Å². The molecule has 0 fully saturated rings. The van der Waals surface area contributed by atoms with E-state index in [2.05, 4.69) is 15.0 Å². The summed E-state index contributed by atoms with van der Waals surface area (Å²) in [5.74, 6) is -0.743. The highest BCUT2D eigenvalue weighted by Gasteiger charge is 2.17. The monoisotopic (exact) mass is 271 g/mol. The topological polar surface area (TPSA) is 94.3 Å². The van der Waals surface area contributed by atoms with Gasteiger partial charge in [-0.05, 0) is 13.8 Å². The van der Waals surface area contributed by atoms with E-state index in [0.29, 0.717) is 5.69 Å². The molecule has 0 saturated carbocycles. The Labute approximate surface area is 110 Å². The maximum atomic E-state index is 11.6. The van der Waals surface area contributed by atoms with Crippen LogP contribution in [0.5, 0.6) is 0 Å². The summed E-state index contributed by atoms with van der Waals surface area (Å²) in [6, 6.07) is -0.796. The second kappa shape index (κ2) is 6.46. The molecule has 0 aromatic carbocycles. The van der Waals surface area contributed by atoms with E-state index in [0.717, 1.165) is 5.01 Å². The number of amides is 1. The van der Waals surface area contributed by atoms with E-state index in [4.69, 9.17) is 5.73 Å². The summed E-state index contributed by atoms with van der Waals surface area (Å²) in [6.45, 7) is 3.40. The van der Waals surface area contributed by atoms with E-state index in [1.54, 1.807) is 12.3 Å². The Morgan fingerprint density at radius 3 is 2.72 bits per heavy atom. The van der Waals surface area contributed by atoms with E-state index in [9.17, 15) is 9.59 Å². The number of hydrogen-bond acceptors (Lipinski definition) is 6. The first kappa shape index (κ1) is 14.6. The van der Waals surface area contributed by atoms with E-state index in [1.165, 1.54) is 18.4 Å². The van der Waals surface area contributed by atoms with Crippen LogP contribution in [0.4, 0.5) is 0 Å². The van der Waals surface area contributed by atoms with E-state index in [1.807, 2.05) is 6.92 Å². The quantitative estimate of drug-likeness (QED) is 0.755. The molecule has 0 aliphatic heterocycles. The molecular formula is C11H17N3O3S. The lowest BCUT2D eigenvalue weighted by Crippen LogP contribution is -2.39. The normalized spacial score (nSPS) is 13.8. The third kappa shape index (κ3) is 4.08. The molecule has 1 rings (SSSR count). The van der Waals surface area contributed by atoms with Crippen molar-refractivity contribution in [3.63, 3.8) is 0 Å². The first-order valence-corrected chi connectivity index (χ1v) is 6.39. The van der Waals surface area contributed by atoms with Gasteiger partial charge in [0.25, 0.3) is 0 Å². The molecule has 18 heavy (non-hydrogen) atoms. The van der Waals surface area contributed by atoms with Crippen LogP contribution >= 0.6 is 11.3 Å². The summed E-state index contributed by atoms with van der Waals surface area (Å²) in [4.78, 5) is 27.0. The number of carbonyl (C=O) groups excluding carboxylic acids is 2. The summed E-state index contributed by atoms with van der Waals surface area (Å²) in [6.07, 6.45) is 0.130. The predicted octanol–water partition coefficient (Wildman–Crippen LogP) is 0.383. The highest BCUT2D eigenvalue weighted by atomic mass is 32.1. The first-order chi connectivity index (χ1) is 8.43. The van der Waals surface area contributed by atoms with Gasteiger partial charge in [-0.1, -0.05) is 0 Å². The number of hydrogen-bond donors (Lipinski definition) is 2. The SMILES string of the molecule is COC(=O)C(C)NC(=O)Cc1csc(C(C)N)n1. The Bertz CT molecular complexity index is 431. The van der Waals surface area contributed by atoms with E-state index >= 15 is 0 Å². The number of methoxy groups -OCH3 is 1. The molecule has 6 nitrogen and oxygen atoms in total. The molecule has 1 aromatic heterocycles. The van der Waals surface area contributed by atoms with Gasteiger partial charge in [-0.15, -0.1) is 11.3 Å². The van der Waals surface area contributed by atoms with Crippen molar-refractivity contribution in [2.75, 3.05) is 7.11 Å². The Kier molecular flexibility index (Phi) is 5.24.